The van der Waals surface area contributed by atoms with Gasteiger partial charge in [0.2, 0.25) is 0 Å². The molecule has 0 saturated carbocycles. The molecule has 0 aliphatic carbocycles. The molecule has 1 N–H and O–H groups in total. The molecule has 2 unspecified atom stereocenters. The number of hydrogen-bond donors (Lipinski definition) is 1. The maximum Gasteiger partial charge on any atom is 0.124 e. The SMILES string of the molecule is CCNC1c2ccccc2OCC1N(C)CC. The quantitative estimate of drug-likeness (QED) is 0.863. The minimum Gasteiger partial charge on any atom is -0.492 e. The Morgan fingerprint density at radius 1 is 1.35 bits per heavy atom. The van der Waals surface area contributed by atoms with E-state index in [1.165, 1.54) is 5.56 Å². The lowest BCUT2D eigenvalue weighted by Gasteiger charge is -2.38. The van der Waals surface area contributed by atoms with Crippen LogP contribution in [0.25, 0.3) is 0 Å². The average molecular weight is 234 g/mol. The fraction of sp³-hybridized carbons (Fsp3) is 0.571. The molecule has 0 aromatic heterocycles. The van der Waals surface area contributed by atoms with Crippen molar-refractivity contribution < 1.29 is 4.74 Å². The zero-order chi connectivity index (χ0) is 12.3. The van der Waals surface area contributed by atoms with Gasteiger partial charge in [0.1, 0.15) is 12.4 Å². The first-order valence-electron chi connectivity index (χ1n) is 6.43. The molecule has 0 amide bonds. The number of likely N-dealkylation sites (N-methyl/N-ethyl adjacent to an activating group) is 2. The van der Waals surface area contributed by atoms with Crippen molar-refractivity contribution in [2.75, 3.05) is 26.7 Å². The molecule has 3 heteroatoms. The molecule has 0 fully saturated rings. The Morgan fingerprint density at radius 3 is 2.82 bits per heavy atom. The molecule has 0 bridgehead atoms. The second-order valence-corrected chi connectivity index (χ2v) is 4.52. The van der Waals surface area contributed by atoms with E-state index >= 15 is 0 Å². The second-order valence-electron chi connectivity index (χ2n) is 4.52. The van der Waals surface area contributed by atoms with Crippen molar-refractivity contribution >= 4 is 0 Å². The first kappa shape index (κ1) is 12.4. The molecule has 1 aromatic carbocycles. The van der Waals surface area contributed by atoms with Gasteiger partial charge in [-0.05, 0) is 26.2 Å². The highest BCUT2D eigenvalue weighted by Crippen LogP contribution is 2.33. The molecule has 1 aromatic rings. The number of fused-ring (bicyclic) bond motifs is 1. The number of para-hydroxylation sites is 1. The molecule has 94 valence electrons. The molecular weight excluding hydrogens is 212 g/mol. The van der Waals surface area contributed by atoms with Gasteiger partial charge in [0.05, 0.1) is 12.1 Å². The zero-order valence-electron chi connectivity index (χ0n) is 10.9. The second kappa shape index (κ2) is 5.52. The minimum atomic E-state index is 0.370. The standard InChI is InChI=1S/C14H22N2O/c1-4-15-14-11-8-6-7-9-13(11)17-10-12(14)16(3)5-2/h6-9,12,14-15H,4-5,10H2,1-3H3. The highest BCUT2D eigenvalue weighted by atomic mass is 16.5. The van der Waals surface area contributed by atoms with Crippen molar-refractivity contribution in [3.05, 3.63) is 29.8 Å². The number of rotatable bonds is 4. The normalized spacial score (nSPS) is 23.3. The van der Waals surface area contributed by atoms with Gasteiger partial charge in [-0.25, -0.2) is 0 Å². The van der Waals surface area contributed by atoms with Crippen LogP contribution in [-0.2, 0) is 0 Å². The lowest BCUT2D eigenvalue weighted by atomic mass is 9.95. The number of hydrogen-bond acceptors (Lipinski definition) is 3. The van der Waals surface area contributed by atoms with E-state index in [1.807, 2.05) is 6.07 Å². The molecule has 0 saturated heterocycles. The molecule has 2 atom stereocenters. The monoisotopic (exact) mass is 234 g/mol. The highest BCUT2D eigenvalue weighted by Gasteiger charge is 2.32. The molecule has 1 heterocycles. The average Bonchev–Trinajstić information content (AvgIpc) is 2.38. The summed E-state index contributed by atoms with van der Waals surface area (Å²) in [5, 5.41) is 3.58. The van der Waals surface area contributed by atoms with Gasteiger partial charge in [-0.1, -0.05) is 32.0 Å². The number of ether oxygens (including phenoxy) is 1. The number of nitrogens with zero attached hydrogens (tertiary/aromatic N) is 1. The first-order chi connectivity index (χ1) is 8.27. The number of nitrogens with one attached hydrogen (secondary N) is 1. The van der Waals surface area contributed by atoms with Gasteiger partial charge in [-0.2, -0.15) is 0 Å². The van der Waals surface area contributed by atoms with Gasteiger partial charge in [0.25, 0.3) is 0 Å². The third-order valence-corrected chi connectivity index (χ3v) is 3.54. The van der Waals surface area contributed by atoms with Crippen molar-refractivity contribution in [1.82, 2.24) is 10.2 Å². The Kier molecular flexibility index (Phi) is 4.02. The lowest BCUT2D eigenvalue weighted by Crippen LogP contribution is -2.48. The summed E-state index contributed by atoms with van der Waals surface area (Å²) < 4.78 is 5.85. The van der Waals surface area contributed by atoms with Crippen LogP contribution in [0, 0.1) is 0 Å². The molecule has 0 spiro atoms. The van der Waals surface area contributed by atoms with Crippen molar-refractivity contribution in [2.24, 2.45) is 0 Å². The largest absolute Gasteiger partial charge is 0.492 e. The fourth-order valence-electron chi connectivity index (χ4n) is 2.43. The van der Waals surface area contributed by atoms with Crippen molar-refractivity contribution in [3.8, 4) is 5.75 Å². The Balaban J connectivity index is 2.28. The van der Waals surface area contributed by atoms with Crippen LogP contribution < -0.4 is 10.1 Å². The summed E-state index contributed by atoms with van der Waals surface area (Å²) in [7, 11) is 2.16. The Labute approximate surface area is 104 Å². The van der Waals surface area contributed by atoms with Gasteiger partial charge in [-0.3, -0.25) is 4.90 Å². The summed E-state index contributed by atoms with van der Waals surface area (Å²) in [5.41, 5.74) is 1.28. The molecule has 2 rings (SSSR count). The summed E-state index contributed by atoms with van der Waals surface area (Å²) in [6, 6.07) is 9.12. The van der Waals surface area contributed by atoms with Gasteiger partial charge in [-0.15, -0.1) is 0 Å². The van der Waals surface area contributed by atoms with Crippen LogP contribution in [0.15, 0.2) is 24.3 Å². The summed E-state index contributed by atoms with van der Waals surface area (Å²) in [5.74, 6) is 1.03. The predicted octanol–water partition coefficient (Wildman–Crippen LogP) is 2.05. The molecule has 1 aliphatic rings. The molecule has 0 radical (unpaired) electrons. The van der Waals surface area contributed by atoms with Crippen LogP contribution in [0.3, 0.4) is 0 Å². The van der Waals surface area contributed by atoms with Gasteiger partial charge in [0.15, 0.2) is 0 Å². The highest BCUT2D eigenvalue weighted by molar-refractivity contribution is 5.38. The van der Waals surface area contributed by atoms with E-state index in [0.717, 1.165) is 25.4 Å². The van der Waals surface area contributed by atoms with Gasteiger partial charge >= 0.3 is 0 Å². The first-order valence-corrected chi connectivity index (χ1v) is 6.43. The summed E-state index contributed by atoms with van der Waals surface area (Å²) in [6.07, 6.45) is 0. The maximum absolute atomic E-state index is 5.85. The third kappa shape index (κ3) is 2.45. The van der Waals surface area contributed by atoms with Gasteiger partial charge in [0, 0.05) is 5.56 Å². The molecule has 1 aliphatic heterocycles. The molecule has 17 heavy (non-hydrogen) atoms. The van der Waals surface area contributed by atoms with Crippen molar-refractivity contribution in [3.63, 3.8) is 0 Å². The van der Waals surface area contributed by atoms with Gasteiger partial charge < -0.3 is 10.1 Å². The zero-order valence-corrected chi connectivity index (χ0v) is 10.9. The van der Waals surface area contributed by atoms with Crippen LogP contribution >= 0.6 is 0 Å². The summed E-state index contributed by atoms with van der Waals surface area (Å²) in [6.45, 7) is 7.12. The Morgan fingerprint density at radius 2 is 2.12 bits per heavy atom. The predicted molar refractivity (Wildman–Crippen MR) is 70.4 cm³/mol. The van der Waals surface area contributed by atoms with Crippen LogP contribution in [-0.4, -0.2) is 37.7 Å². The van der Waals surface area contributed by atoms with Crippen molar-refractivity contribution in [1.29, 1.82) is 0 Å². The van der Waals surface area contributed by atoms with Crippen LogP contribution in [0.2, 0.25) is 0 Å². The topological polar surface area (TPSA) is 24.5 Å². The Bertz CT molecular complexity index is 367. The van der Waals surface area contributed by atoms with E-state index in [4.69, 9.17) is 4.74 Å². The fourth-order valence-corrected chi connectivity index (χ4v) is 2.43. The van der Waals surface area contributed by atoms with Crippen LogP contribution in [0.4, 0.5) is 0 Å². The lowest BCUT2D eigenvalue weighted by molar-refractivity contribution is 0.111. The maximum atomic E-state index is 5.85. The summed E-state index contributed by atoms with van der Waals surface area (Å²) in [4.78, 5) is 2.35. The number of benzene rings is 1. The van der Waals surface area contributed by atoms with E-state index in [2.05, 4.69) is 49.3 Å². The van der Waals surface area contributed by atoms with Crippen LogP contribution in [0.1, 0.15) is 25.5 Å². The summed E-state index contributed by atoms with van der Waals surface area (Å²) >= 11 is 0. The molecular formula is C14H22N2O. The third-order valence-electron chi connectivity index (χ3n) is 3.54. The van der Waals surface area contributed by atoms with E-state index in [-0.39, 0.29) is 0 Å². The van der Waals surface area contributed by atoms with Crippen molar-refractivity contribution in [2.45, 2.75) is 25.9 Å². The van der Waals surface area contributed by atoms with E-state index < -0.39 is 0 Å². The van der Waals surface area contributed by atoms with Crippen LogP contribution in [0.5, 0.6) is 5.75 Å². The smallest absolute Gasteiger partial charge is 0.124 e. The van der Waals surface area contributed by atoms with E-state index in [0.29, 0.717) is 12.1 Å². The minimum absolute atomic E-state index is 0.370. The molecule has 3 nitrogen and oxygen atoms in total. The van der Waals surface area contributed by atoms with E-state index in [1.54, 1.807) is 0 Å². The Hall–Kier alpha value is -1.06. The van der Waals surface area contributed by atoms with E-state index in [9.17, 15) is 0 Å².